The van der Waals surface area contributed by atoms with Gasteiger partial charge in [-0.15, -0.1) is 0 Å². The van der Waals surface area contributed by atoms with Gasteiger partial charge in [0.15, 0.2) is 0 Å². The van der Waals surface area contributed by atoms with Crippen LogP contribution >= 0.6 is 15.9 Å². The van der Waals surface area contributed by atoms with Crippen molar-refractivity contribution in [3.05, 3.63) is 69.3 Å². The number of nitrogens with zero attached hydrogens (tertiary/aromatic N) is 4. The Morgan fingerprint density at radius 2 is 1.69 bits per heavy atom. The second-order valence-electron chi connectivity index (χ2n) is 6.61. The lowest BCUT2D eigenvalue weighted by Gasteiger charge is -2.35. The molecule has 8 nitrogen and oxygen atoms in total. The van der Waals surface area contributed by atoms with Crippen molar-refractivity contribution < 1.29 is 13.3 Å². The smallest absolute Gasteiger partial charge is 0.301 e. The molecule has 0 spiro atoms. The zero-order chi connectivity index (χ0) is 20.6. The molecule has 1 aromatic heterocycles. The molecule has 2 aromatic carbocycles. The standard InChI is InChI=1S/C19H17BrN4O4S/c20-14-3-5-15(6-4-14)29(27,28)23-12-10-22(11-13-23)18-8-7-17-16(2-1-9-21-17)19(18)24(25)26/h1-9H,10-13H2. The first-order valence-corrected chi connectivity index (χ1v) is 11.1. The molecule has 29 heavy (non-hydrogen) atoms. The summed E-state index contributed by atoms with van der Waals surface area (Å²) >= 11 is 3.30. The number of piperazine rings is 1. The van der Waals surface area contributed by atoms with Crippen molar-refractivity contribution in [2.75, 3.05) is 31.1 Å². The zero-order valence-corrected chi connectivity index (χ0v) is 17.6. The molecule has 0 N–H and O–H groups in total. The molecule has 1 aliphatic rings. The minimum Gasteiger partial charge on any atom is -0.363 e. The monoisotopic (exact) mass is 476 g/mol. The van der Waals surface area contributed by atoms with Gasteiger partial charge in [-0.05, 0) is 48.5 Å². The molecule has 0 saturated carbocycles. The number of pyridine rings is 1. The van der Waals surface area contributed by atoms with Crippen LogP contribution in [-0.2, 0) is 10.0 Å². The van der Waals surface area contributed by atoms with E-state index in [4.69, 9.17) is 0 Å². The Morgan fingerprint density at radius 3 is 2.34 bits per heavy atom. The average Bonchev–Trinajstić information content (AvgIpc) is 2.73. The molecule has 0 aliphatic carbocycles. The van der Waals surface area contributed by atoms with Crippen LogP contribution in [0.2, 0.25) is 0 Å². The van der Waals surface area contributed by atoms with Crippen molar-refractivity contribution in [2.24, 2.45) is 0 Å². The van der Waals surface area contributed by atoms with Crippen LogP contribution in [0.4, 0.5) is 11.4 Å². The highest BCUT2D eigenvalue weighted by molar-refractivity contribution is 9.10. The summed E-state index contributed by atoms with van der Waals surface area (Å²) in [7, 11) is -3.60. The number of benzene rings is 2. The molecule has 10 heteroatoms. The summed E-state index contributed by atoms with van der Waals surface area (Å²) in [6.07, 6.45) is 1.59. The van der Waals surface area contributed by atoms with Gasteiger partial charge >= 0.3 is 5.69 Å². The average molecular weight is 477 g/mol. The van der Waals surface area contributed by atoms with Gasteiger partial charge in [0, 0.05) is 36.8 Å². The van der Waals surface area contributed by atoms with E-state index in [2.05, 4.69) is 20.9 Å². The minimum atomic E-state index is -3.60. The third kappa shape index (κ3) is 3.70. The van der Waals surface area contributed by atoms with E-state index in [0.717, 1.165) is 4.47 Å². The summed E-state index contributed by atoms with van der Waals surface area (Å²) in [4.78, 5) is 17.6. The summed E-state index contributed by atoms with van der Waals surface area (Å²) in [5, 5.41) is 12.2. The predicted molar refractivity (Wildman–Crippen MR) is 114 cm³/mol. The molecule has 0 atom stereocenters. The molecular weight excluding hydrogens is 460 g/mol. The Balaban J connectivity index is 1.60. The summed E-state index contributed by atoms with van der Waals surface area (Å²) < 4.78 is 28.0. The lowest BCUT2D eigenvalue weighted by molar-refractivity contribution is -0.382. The molecule has 2 heterocycles. The van der Waals surface area contributed by atoms with Crippen LogP contribution in [0.15, 0.2) is 64.1 Å². The van der Waals surface area contributed by atoms with Crippen molar-refractivity contribution in [3.63, 3.8) is 0 Å². The molecule has 0 amide bonds. The molecular formula is C19H17BrN4O4S. The predicted octanol–water partition coefficient (Wildman–Crippen LogP) is 3.42. The van der Waals surface area contributed by atoms with Gasteiger partial charge in [0.1, 0.15) is 5.69 Å². The Bertz CT molecular complexity index is 1180. The van der Waals surface area contributed by atoms with Crippen molar-refractivity contribution in [2.45, 2.75) is 4.90 Å². The van der Waals surface area contributed by atoms with E-state index in [-0.39, 0.29) is 23.7 Å². The fourth-order valence-electron chi connectivity index (χ4n) is 3.50. The van der Waals surface area contributed by atoms with E-state index in [1.165, 1.54) is 4.31 Å². The van der Waals surface area contributed by atoms with Crippen molar-refractivity contribution in [1.82, 2.24) is 9.29 Å². The van der Waals surface area contributed by atoms with E-state index in [1.54, 1.807) is 54.7 Å². The highest BCUT2D eigenvalue weighted by Gasteiger charge is 2.31. The molecule has 0 bridgehead atoms. The van der Waals surface area contributed by atoms with Crippen molar-refractivity contribution >= 4 is 48.2 Å². The molecule has 3 aromatic rings. The van der Waals surface area contributed by atoms with E-state index >= 15 is 0 Å². The van der Waals surface area contributed by atoms with Gasteiger partial charge in [-0.1, -0.05) is 15.9 Å². The topological polar surface area (TPSA) is 96.6 Å². The van der Waals surface area contributed by atoms with Gasteiger partial charge in [-0.25, -0.2) is 8.42 Å². The number of hydrogen-bond acceptors (Lipinski definition) is 6. The fraction of sp³-hybridized carbons (Fsp3) is 0.211. The second kappa shape index (κ2) is 7.69. The molecule has 1 fully saturated rings. The Hall–Kier alpha value is -2.56. The largest absolute Gasteiger partial charge is 0.363 e. The highest BCUT2D eigenvalue weighted by atomic mass is 79.9. The number of halogens is 1. The fourth-order valence-corrected chi connectivity index (χ4v) is 5.18. The summed E-state index contributed by atoms with van der Waals surface area (Å²) in [6.45, 7) is 1.23. The maximum atomic E-state index is 12.9. The third-order valence-corrected chi connectivity index (χ3v) is 7.39. The molecule has 0 radical (unpaired) electrons. The minimum absolute atomic E-state index is 0.000170. The number of nitro groups is 1. The Kier molecular flexibility index (Phi) is 5.24. The number of anilines is 1. The number of fused-ring (bicyclic) bond motifs is 1. The first-order valence-electron chi connectivity index (χ1n) is 8.91. The van der Waals surface area contributed by atoms with Crippen molar-refractivity contribution in [1.29, 1.82) is 0 Å². The molecule has 4 rings (SSSR count). The SMILES string of the molecule is O=[N+]([O-])c1c(N2CCN(S(=O)(=O)c3ccc(Br)cc3)CC2)ccc2ncccc12. The molecule has 1 saturated heterocycles. The van der Waals surface area contributed by atoms with Gasteiger partial charge < -0.3 is 4.90 Å². The molecule has 150 valence electrons. The molecule has 0 unspecified atom stereocenters. The maximum absolute atomic E-state index is 12.9. The highest BCUT2D eigenvalue weighted by Crippen LogP contribution is 2.35. The summed E-state index contributed by atoms with van der Waals surface area (Å²) in [5.74, 6) is 0. The van der Waals surface area contributed by atoms with Gasteiger partial charge in [-0.2, -0.15) is 4.31 Å². The number of aromatic nitrogens is 1. The Labute approximate surface area is 176 Å². The van der Waals surface area contributed by atoms with E-state index in [0.29, 0.717) is 29.7 Å². The number of nitro benzene ring substituents is 1. The first kappa shape index (κ1) is 19.7. The summed E-state index contributed by atoms with van der Waals surface area (Å²) in [5.41, 5.74) is 1.04. The summed E-state index contributed by atoms with van der Waals surface area (Å²) in [6, 6.07) is 13.3. The van der Waals surface area contributed by atoms with E-state index in [1.807, 2.05) is 4.90 Å². The number of sulfonamides is 1. The van der Waals surface area contributed by atoms with E-state index < -0.39 is 14.9 Å². The first-order chi connectivity index (χ1) is 13.9. The van der Waals surface area contributed by atoms with Crippen LogP contribution in [-0.4, -0.2) is 48.8 Å². The van der Waals surface area contributed by atoms with Crippen LogP contribution < -0.4 is 4.90 Å². The third-order valence-electron chi connectivity index (χ3n) is 4.95. The zero-order valence-electron chi connectivity index (χ0n) is 15.2. The lowest BCUT2D eigenvalue weighted by Crippen LogP contribution is -2.48. The van der Waals surface area contributed by atoms with Gasteiger partial charge in [-0.3, -0.25) is 15.1 Å². The van der Waals surface area contributed by atoms with Crippen LogP contribution in [0.5, 0.6) is 0 Å². The van der Waals surface area contributed by atoms with Crippen LogP contribution in [0, 0.1) is 10.1 Å². The van der Waals surface area contributed by atoms with Gasteiger partial charge in [0.2, 0.25) is 10.0 Å². The number of rotatable bonds is 4. The van der Waals surface area contributed by atoms with Gasteiger partial charge in [0.25, 0.3) is 0 Å². The number of hydrogen-bond donors (Lipinski definition) is 0. The molecule has 1 aliphatic heterocycles. The van der Waals surface area contributed by atoms with Crippen molar-refractivity contribution in [3.8, 4) is 0 Å². The van der Waals surface area contributed by atoms with Crippen LogP contribution in [0.25, 0.3) is 10.9 Å². The second-order valence-corrected chi connectivity index (χ2v) is 9.46. The Morgan fingerprint density at radius 1 is 1.00 bits per heavy atom. The van der Waals surface area contributed by atoms with Crippen LogP contribution in [0.3, 0.4) is 0 Å². The quantitative estimate of drug-likeness (QED) is 0.422. The van der Waals surface area contributed by atoms with E-state index in [9.17, 15) is 18.5 Å². The lowest BCUT2D eigenvalue weighted by atomic mass is 10.1. The maximum Gasteiger partial charge on any atom is 0.301 e. The van der Waals surface area contributed by atoms with Crippen LogP contribution in [0.1, 0.15) is 0 Å². The van der Waals surface area contributed by atoms with Gasteiger partial charge in [0.05, 0.1) is 20.7 Å². The normalized spacial score (nSPS) is 15.6.